The van der Waals surface area contributed by atoms with Crippen molar-refractivity contribution < 1.29 is 9.53 Å². The lowest BCUT2D eigenvalue weighted by atomic mass is 9.98. The number of nitrogens with zero attached hydrogens (tertiary/aromatic N) is 4. The van der Waals surface area contributed by atoms with Gasteiger partial charge in [0, 0.05) is 12.8 Å². The molecule has 8 heteroatoms. The molecule has 1 heterocycles. The van der Waals surface area contributed by atoms with Crippen molar-refractivity contribution in [1.29, 1.82) is 0 Å². The minimum atomic E-state index is -0.923. The molecular weight excluding hydrogens is 242 g/mol. The fraction of sp³-hybridized carbons (Fsp3) is 0.778. The van der Waals surface area contributed by atoms with Crippen LogP contribution in [0.5, 0.6) is 0 Å². The van der Waals surface area contributed by atoms with E-state index in [2.05, 4.69) is 20.3 Å². The van der Waals surface area contributed by atoms with Crippen molar-refractivity contribution in [3.8, 4) is 0 Å². The lowest BCUT2D eigenvalue weighted by Crippen LogP contribution is -2.45. The van der Waals surface area contributed by atoms with Crippen molar-refractivity contribution in [2.24, 2.45) is 12.8 Å². The van der Waals surface area contributed by atoms with Crippen LogP contribution in [-0.4, -0.2) is 44.6 Å². The molecule has 1 rings (SSSR count). The number of carbonyl (C=O) groups is 1. The van der Waals surface area contributed by atoms with E-state index in [1.54, 1.807) is 18.7 Å². The number of carbonyl (C=O) groups excluding carboxylic acids is 1. The predicted molar refractivity (Wildman–Crippen MR) is 63.4 cm³/mol. The highest BCUT2D eigenvalue weighted by Gasteiger charge is 2.28. The topological polar surface area (TPSA) is 95.9 Å². The third-order valence-corrected chi connectivity index (χ3v) is 3.40. The van der Waals surface area contributed by atoms with E-state index in [9.17, 15) is 4.79 Å². The van der Waals surface area contributed by atoms with Crippen LogP contribution in [0.2, 0.25) is 0 Å². The van der Waals surface area contributed by atoms with Gasteiger partial charge in [-0.05, 0) is 30.2 Å². The van der Waals surface area contributed by atoms with E-state index >= 15 is 0 Å². The van der Waals surface area contributed by atoms with Crippen molar-refractivity contribution >= 4 is 17.7 Å². The normalized spacial score (nSPS) is 14.4. The summed E-state index contributed by atoms with van der Waals surface area (Å²) in [5.41, 5.74) is 4.91. The molecule has 0 spiro atoms. The Hall–Kier alpha value is -1.15. The standard InChI is InChI=1S/C9H17N5O2S/c1-9(10,7(15)16-3)5-4-6-17-8-11-12-13-14(8)2/h4-6,10H2,1-3H3. The van der Waals surface area contributed by atoms with Gasteiger partial charge in [-0.25, -0.2) is 4.68 Å². The number of rotatable bonds is 6. The molecule has 0 aliphatic carbocycles. The van der Waals surface area contributed by atoms with Crippen LogP contribution in [0.25, 0.3) is 0 Å². The molecule has 0 radical (unpaired) electrons. The van der Waals surface area contributed by atoms with Gasteiger partial charge in [0.2, 0.25) is 5.16 Å². The number of methoxy groups -OCH3 is 1. The summed E-state index contributed by atoms with van der Waals surface area (Å²) in [6, 6.07) is 0. The molecule has 1 aromatic heterocycles. The van der Waals surface area contributed by atoms with Gasteiger partial charge in [-0.15, -0.1) is 5.10 Å². The summed E-state index contributed by atoms with van der Waals surface area (Å²) in [7, 11) is 3.12. The molecule has 2 N–H and O–H groups in total. The number of ether oxygens (including phenoxy) is 1. The van der Waals surface area contributed by atoms with Crippen molar-refractivity contribution in [2.75, 3.05) is 12.9 Å². The smallest absolute Gasteiger partial charge is 0.325 e. The highest BCUT2D eigenvalue weighted by molar-refractivity contribution is 7.99. The van der Waals surface area contributed by atoms with Crippen molar-refractivity contribution in [3.63, 3.8) is 0 Å². The van der Waals surface area contributed by atoms with Crippen molar-refractivity contribution in [2.45, 2.75) is 30.5 Å². The van der Waals surface area contributed by atoms with Gasteiger partial charge in [-0.2, -0.15) is 0 Å². The molecule has 0 aliphatic rings. The Labute approximate surface area is 104 Å². The number of hydrogen-bond acceptors (Lipinski definition) is 7. The molecule has 1 aromatic rings. The fourth-order valence-corrected chi connectivity index (χ4v) is 2.07. The van der Waals surface area contributed by atoms with Gasteiger partial charge in [0.25, 0.3) is 0 Å². The first kappa shape index (κ1) is 13.9. The average Bonchev–Trinajstić information content (AvgIpc) is 2.69. The second-order valence-corrected chi connectivity index (χ2v) is 5.01. The van der Waals surface area contributed by atoms with Crippen LogP contribution < -0.4 is 5.73 Å². The molecule has 0 fully saturated rings. The monoisotopic (exact) mass is 259 g/mol. The average molecular weight is 259 g/mol. The molecule has 96 valence electrons. The Balaban J connectivity index is 2.29. The number of thioether (sulfide) groups is 1. The first-order chi connectivity index (χ1) is 7.97. The van der Waals surface area contributed by atoms with E-state index in [-0.39, 0.29) is 5.97 Å². The van der Waals surface area contributed by atoms with Gasteiger partial charge < -0.3 is 10.5 Å². The maximum absolute atomic E-state index is 11.3. The second kappa shape index (κ2) is 5.97. The molecule has 1 unspecified atom stereocenters. The largest absolute Gasteiger partial charge is 0.468 e. The zero-order chi connectivity index (χ0) is 12.9. The third kappa shape index (κ3) is 3.97. The van der Waals surface area contributed by atoms with E-state index < -0.39 is 5.54 Å². The van der Waals surface area contributed by atoms with Crippen molar-refractivity contribution in [1.82, 2.24) is 20.2 Å². The molecule has 0 bridgehead atoms. The van der Waals surface area contributed by atoms with Crippen LogP contribution in [0, 0.1) is 0 Å². The maximum atomic E-state index is 11.3. The lowest BCUT2D eigenvalue weighted by molar-refractivity contribution is -0.146. The highest BCUT2D eigenvalue weighted by Crippen LogP contribution is 2.18. The summed E-state index contributed by atoms with van der Waals surface area (Å²) in [6.07, 6.45) is 1.36. The molecule has 7 nitrogen and oxygen atoms in total. The quantitative estimate of drug-likeness (QED) is 0.435. The van der Waals surface area contributed by atoms with Crippen LogP contribution >= 0.6 is 11.8 Å². The van der Waals surface area contributed by atoms with E-state index in [0.29, 0.717) is 6.42 Å². The Morgan fingerprint density at radius 1 is 1.65 bits per heavy atom. The Bertz CT molecular complexity index is 379. The maximum Gasteiger partial charge on any atom is 0.325 e. The minimum Gasteiger partial charge on any atom is -0.468 e. The first-order valence-corrected chi connectivity index (χ1v) is 6.18. The zero-order valence-electron chi connectivity index (χ0n) is 10.2. The van der Waals surface area contributed by atoms with E-state index in [0.717, 1.165) is 17.3 Å². The van der Waals surface area contributed by atoms with Gasteiger partial charge in [0.1, 0.15) is 5.54 Å². The SMILES string of the molecule is COC(=O)C(C)(N)CCCSc1nnnn1C. The molecule has 1 atom stereocenters. The van der Waals surface area contributed by atoms with Crippen LogP contribution in [0.3, 0.4) is 0 Å². The van der Waals surface area contributed by atoms with Crippen LogP contribution in [-0.2, 0) is 16.6 Å². The summed E-state index contributed by atoms with van der Waals surface area (Å²) in [4.78, 5) is 11.3. The Morgan fingerprint density at radius 2 is 2.35 bits per heavy atom. The van der Waals surface area contributed by atoms with Crippen molar-refractivity contribution in [3.05, 3.63) is 0 Å². The molecule has 0 aromatic carbocycles. The molecule has 0 saturated carbocycles. The predicted octanol–water partition coefficient (Wildman–Crippen LogP) is -0.0272. The Morgan fingerprint density at radius 3 is 2.88 bits per heavy atom. The summed E-state index contributed by atoms with van der Waals surface area (Å²) in [6.45, 7) is 1.67. The van der Waals surface area contributed by atoms with E-state index in [1.807, 2.05) is 0 Å². The van der Waals surface area contributed by atoms with Gasteiger partial charge in [0.15, 0.2) is 0 Å². The van der Waals surface area contributed by atoms with E-state index in [1.165, 1.54) is 18.9 Å². The number of aryl methyl sites for hydroxylation is 1. The molecule has 0 aliphatic heterocycles. The van der Waals surface area contributed by atoms with Crippen LogP contribution in [0.4, 0.5) is 0 Å². The van der Waals surface area contributed by atoms with Gasteiger partial charge in [-0.1, -0.05) is 11.8 Å². The molecule has 0 saturated heterocycles. The summed E-state index contributed by atoms with van der Waals surface area (Å²) >= 11 is 1.53. The minimum absolute atomic E-state index is 0.386. The second-order valence-electron chi connectivity index (χ2n) is 3.95. The molecule has 17 heavy (non-hydrogen) atoms. The van der Waals surface area contributed by atoms with Gasteiger partial charge in [-0.3, -0.25) is 4.79 Å². The number of esters is 1. The third-order valence-electron chi connectivity index (χ3n) is 2.30. The number of nitrogens with two attached hydrogens (primary N) is 1. The summed E-state index contributed by atoms with van der Waals surface area (Å²) in [5.74, 6) is 0.417. The van der Waals surface area contributed by atoms with Gasteiger partial charge >= 0.3 is 5.97 Å². The number of hydrogen-bond donors (Lipinski definition) is 1. The summed E-state index contributed by atoms with van der Waals surface area (Å²) < 4.78 is 6.23. The Kier molecular flexibility index (Phi) is 4.88. The summed E-state index contributed by atoms with van der Waals surface area (Å²) in [5, 5.41) is 11.9. The molecular formula is C9H17N5O2S. The fourth-order valence-electron chi connectivity index (χ4n) is 1.28. The number of aromatic nitrogens is 4. The first-order valence-electron chi connectivity index (χ1n) is 5.20. The van der Waals surface area contributed by atoms with Crippen LogP contribution in [0.15, 0.2) is 5.16 Å². The van der Waals surface area contributed by atoms with Crippen LogP contribution in [0.1, 0.15) is 19.8 Å². The highest BCUT2D eigenvalue weighted by atomic mass is 32.2. The lowest BCUT2D eigenvalue weighted by Gasteiger charge is -2.20. The van der Waals surface area contributed by atoms with E-state index in [4.69, 9.17) is 5.73 Å². The molecule has 0 amide bonds. The van der Waals surface area contributed by atoms with Gasteiger partial charge in [0.05, 0.1) is 7.11 Å². The zero-order valence-corrected chi connectivity index (χ0v) is 11.0. The number of tetrazole rings is 1.